The lowest BCUT2D eigenvalue weighted by Gasteiger charge is -2.16. The van der Waals surface area contributed by atoms with Crippen molar-refractivity contribution in [3.05, 3.63) is 69.7 Å². The normalized spacial score (nSPS) is 12.2. The predicted molar refractivity (Wildman–Crippen MR) is 150 cm³/mol. The van der Waals surface area contributed by atoms with Gasteiger partial charge in [-0.15, -0.1) is 0 Å². The maximum atomic E-state index is 14.6. The zero-order chi connectivity index (χ0) is 29.6. The number of allylic oxidation sites excluding steroid dienone is 1. The van der Waals surface area contributed by atoms with Gasteiger partial charge in [0.15, 0.2) is 0 Å². The first-order chi connectivity index (χ1) is 18.9. The number of carboxylic acid groups (broad SMARTS) is 1. The van der Waals surface area contributed by atoms with Crippen LogP contribution in [-0.4, -0.2) is 62.6 Å². The molecule has 3 amide bonds. The molecule has 3 rings (SSSR count). The number of pyridine rings is 2. The number of amides is 3. The highest BCUT2D eigenvalue weighted by Gasteiger charge is 2.22. The van der Waals surface area contributed by atoms with E-state index in [0.717, 1.165) is 5.56 Å². The molecule has 3 aromatic rings. The summed E-state index contributed by atoms with van der Waals surface area (Å²) in [6.07, 6.45) is 5.13. The first kappa shape index (κ1) is 30.1. The van der Waals surface area contributed by atoms with E-state index >= 15 is 0 Å². The molecule has 3 heterocycles. The molecule has 4 N–H and O–H groups in total. The highest BCUT2D eigenvalue weighted by atomic mass is 19.1. The Hall–Kier alpha value is -4.48. The molecule has 0 aliphatic heterocycles. The zero-order valence-corrected chi connectivity index (χ0v) is 23.2. The standard InChI is InChI=1S/C28H35FN6O5/c1-16(2)13-18-19(29)14-30-24-17(3)22(31-25(18)24)15-35-12-8-10-21(27(35)38)32-26(37)20(33-28(39)40)9-6-7-11-23(36)34(4)5/h7-8,10-12,14,16,20,31,33H,6,9,13,15H2,1-5H3,(H,32,37)(H,39,40)/b11-7+. The molecule has 1 unspecified atom stereocenters. The van der Waals surface area contributed by atoms with Gasteiger partial charge in [0, 0.05) is 31.5 Å². The number of hydrogen-bond acceptors (Lipinski definition) is 5. The number of carbonyl (C=O) groups is 3. The lowest BCUT2D eigenvalue weighted by Crippen LogP contribution is -2.44. The van der Waals surface area contributed by atoms with Crippen LogP contribution in [0.3, 0.4) is 0 Å². The van der Waals surface area contributed by atoms with E-state index < -0.39 is 23.6 Å². The lowest BCUT2D eigenvalue weighted by molar-refractivity contribution is -0.123. The Labute approximate surface area is 231 Å². The second kappa shape index (κ2) is 13.0. The summed E-state index contributed by atoms with van der Waals surface area (Å²) in [5, 5.41) is 13.9. The van der Waals surface area contributed by atoms with Gasteiger partial charge in [-0.1, -0.05) is 19.9 Å². The second-order valence-corrected chi connectivity index (χ2v) is 10.2. The van der Waals surface area contributed by atoms with Crippen LogP contribution >= 0.6 is 0 Å². The van der Waals surface area contributed by atoms with Crippen molar-refractivity contribution in [1.29, 1.82) is 0 Å². The van der Waals surface area contributed by atoms with E-state index in [1.807, 2.05) is 20.8 Å². The Balaban J connectivity index is 1.81. The maximum Gasteiger partial charge on any atom is 0.405 e. The first-order valence-corrected chi connectivity index (χ1v) is 12.9. The maximum absolute atomic E-state index is 14.6. The van der Waals surface area contributed by atoms with Gasteiger partial charge in [0.05, 0.1) is 23.8 Å². The molecule has 214 valence electrons. The van der Waals surface area contributed by atoms with Crippen LogP contribution < -0.4 is 16.2 Å². The van der Waals surface area contributed by atoms with Gasteiger partial charge in [-0.25, -0.2) is 9.18 Å². The van der Waals surface area contributed by atoms with Crippen LogP contribution in [0.25, 0.3) is 11.0 Å². The van der Waals surface area contributed by atoms with Crippen LogP contribution in [0.1, 0.15) is 43.5 Å². The number of hydrogen-bond donors (Lipinski definition) is 4. The molecule has 0 bridgehead atoms. The summed E-state index contributed by atoms with van der Waals surface area (Å²) in [6.45, 7) is 5.97. The number of nitrogens with one attached hydrogen (secondary N) is 3. The van der Waals surface area contributed by atoms with Gasteiger partial charge < -0.3 is 30.2 Å². The van der Waals surface area contributed by atoms with Crippen molar-refractivity contribution in [3.8, 4) is 0 Å². The minimum atomic E-state index is -1.39. The van der Waals surface area contributed by atoms with Gasteiger partial charge >= 0.3 is 6.09 Å². The molecule has 0 spiro atoms. The third kappa shape index (κ3) is 7.33. The third-order valence-corrected chi connectivity index (χ3v) is 6.37. The Bertz CT molecular complexity index is 1490. The summed E-state index contributed by atoms with van der Waals surface area (Å²) in [5.74, 6) is -1.10. The monoisotopic (exact) mass is 554 g/mol. The Morgan fingerprint density at radius 2 is 2.00 bits per heavy atom. The molecular weight excluding hydrogens is 519 g/mol. The van der Waals surface area contributed by atoms with Crippen LogP contribution in [0.15, 0.2) is 41.5 Å². The van der Waals surface area contributed by atoms with Gasteiger partial charge in [-0.3, -0.25) is 19.4 Å². The van der Waals surface area contributed by atoms with Crippen molar-refractivity contribution in [2.45, 2.75) is 52.6 Å². The number of halogens is 1. The number of likely N-dealkylation sites (N-methyl/N-ethyl adjacent to an activating group) is 1. The third-order valence-electron chi connectivity index (χ3n) is 6.37. The fourth-order valence-electron chi connectivity index (χ4n) is 4.26. The second-order valence-electron chi connectivity index (χ2n) is 10.2. The minimum Gasteiger partial charge on any atom is -0.465 e. The summed E-state index contributed by atoms with van der Waals surface area (Å²) < 4.78 is 15.9. The van der Waals surface area contributed by atoms with E-state index in [2.05, 4.69) is 20.6 Å². The molecular formula is C28H35FN6O5. The van der Waals surface area contributed by atoms with E-state index in [1.165, 1.54) is 27.8 Å². The van der Waals surface area contributed by atoms with Crippen LogP contribution in [0, 0.1) is 18.7 Å². The first-order valence-electron chi connectivity index (χ1n) is 12.9. The van der Waals surface area contributed by atoms with Gasteiger partial charge in [-0.05, 0) is 55.9 Å². The predicted octanol–water partition coefficient (Wildman–Crippen LogP) is 3.42. The molecule has 0 aliphatic carbocycles. The lowest BCUT2D eigenvalue weighted by atomic mass is 10.0. The molecule has 40 heavy (non-hydrogen) atoms. The molecule has 0 radical (unpaired) electrons. The average Bonchev–Trinajstić information content (AvgIpc) is 3.19. The Morgan fingerprint density at radius 1 is 1.27 bits per heavy atom. The summed E-state index contributed by atoms with van der Waals surface area (Å²) in [5.41, 5.74) is 2.71. The molecule has 0 aromatic carbocycles. The van der Waals surface area contributed by atoms with Crippen molar-refractivity contribution in [3.63, 3.8) is 0 Å². The van der Waals surface area contributed by atoms with Crippen LogP contribution in [0.4, 0.5) is 14.9 Å². The van der Waals surface area contributed by atoms with E-state index in [-0.39, 0.29) is 42.7 Å². The smallest absolute Gasteiger partial charge is 0.405 e. The number of rotatable bonds is 11. The van der Waals surface area contributed by atoms with Gasteiger partial charge in [0.2, 0.25) is 11.8 Å². The number of aromatic nitrogens is 3. The topological polar surface area (TPSA) is 149 Å². The number of H-pyrrole nitrogens is 1. The van der Waals surface area contributed by atoms with E-state index in [4.69, 9.17) is 0 Å². The molecule has 0 saturated carbocycles. The highest BCUT2D eigenvalue weighted by molar-refractivity contribution is 5.96. The molecule has 3 aromatic heterocycles. The quantitative estimate of drug-likeness (QED) is 0.267. The summed E-state index contributed by atoms with van der Waals surface area (Å²) >= 11 is 0. The summed E-state index contributed by atoms with van der Waals surface area (Å²) in [4.78, 5) is 57.9. The number of aryl methyl sites for hydroxylation is 1. The van der Waals surface area contributed by atoms with Crippen molar-refractivity contribution in [1.82, 2.24) is 24.8 Å². The highest BCUT2D eigenvalue weighted by Crippen LogP contribution is 2.27. The molecule has 11 nitrogen and oxygen atoms in total. The number of aromatic amines is 1. The van der Waals surface area contributed by atoms with Crippen LogP contribution in [-0.2, 0) is 22.6 Å². The Kier molecular flexibility index (Phi) is 9.81. The van der Waals surface area contributed by atoms with Crippen molar-refractivity contribution in [2.75, 3.05) is 19.4 Å². The molecule has 0 fully saturated rings. The molecule has 0 aliphatic rings. The van der Waals surface area contributed by atoms with E-state index in [0.29, 0.717) is 28.7 Å². The van der Waals surface area contributed by atoms with Gasteiger partial charge in [-0.2, -0.15) is 0 Å². The van der Waals surface area contributed by atoms with Gasteiger partial charge in [0.1, 0.15) is 17.5 Å². The van der Waals surface area contributed by atoms with Crippen molar-refractivity contribution >= 4 is 34.6 Å². The number of nitrogens with zero attached hydrogens (tertiary/aromatic N) is 3. The summed E-state index contributed by atoms with van der Waals surface area (Å²) in [7, 11) is 3.20. The molecule has 1 atom stereocenters. The zero-order valence-electron chi connectivity index (χ0n) is 23.2. The number of anilines is 1. The SMILES string of the molecule is Cc1c(Cn2cccc(NC(=O)C(CC/C=C/C(=O)N(C)C)NC(=O)O)c2=O)[nH]c2c(CC(C)C)c(F)cnc12. The minimum absolute atomic E-state index is 0.0264. The largest absolute Gasteiger partial charge is 0.465 e. The molecule has 0 saturated heterocycles. The van der Waals surface area contributed by atoms with Crippen LogP contribution in [0.5, 0.6) is 0 Å². The van der Waals surface area contributed by atoms with E-state index in [9.17, 15) is 28.7 Å². The number of fused-ring (bicyclic) bond motifs is 1. The fourth-order valence-corrected chi connectivity index (χ4v) is 4.26. The van der Waals surface area contributed by atoms with Gasteiger partial charge in [0.25, 0.3) is 5.56 Å². The van der Waals surface area contributed by atoms with E-state index in [1.54, 1.807) is 32.4 Å². The van der Waals surface area contributed by atoms with Crippen molar-refractivity contribution in [2.24, 2.45) is 5.92 Å². The summed E-state index contributed by atoms with van der Waals surface area (Å²) in [6, 6.07) is 1.87. The fraction of sp³-hybridized carbons (Fsp3) is 0.393. The Morgan fingerprint density at radius 3 is 2.65 bits per heavy atom. The van der Waals surface area contributed by atoms with Crippen LogP contribution in [0.2, 0.25) is 0 Å². The molecule has 12 heteroatoms. The van der Waals surface area contributed by atoms with Crippen molar-refractivity contribution < 1.29 is 23.9 Å². The number of carbonyl (C=O) groups excluding carboxylic acids is 2. The average molecular weight is 555 g/mol.